The number of rotatable bonds is 2. The van der Waals surface area contributed by atoms with Crippen LogP contribution in [0.1, 0.15) is 64.3 Å². The molecule has 2 rings (SSSR count). The Bertz CT molecular complexity index is 611. The minimum atomic E-state index is -4.38. The van der Waals surface area contributed by atoms with E-state index in [4.69, 9.17) is 0 Å². The molecule has 164 valence electrons. The molecule has 8 heteroatoms. The minimum absolute atomic E-state index is 0. The lowest BCUT2D eigenvalue weighted by Gasteiger charge is -2.37. The van der Waals surface area contributed by atoms with E-state index in [0.717, 1.165) is 0 Å². The molecule has 0 aromatic heterocycles. The van der Waals surface area contributed by atoms with Gasteiger partial charge in [-0.25, -0.2) is 0 Å². The number of phenols is 1. The molecule has 1 atom stereocenters. The molecule has 1 heterocycles. The second kappa shape index (κ2) is 9.41. The maximum Gasteiger partial charge on any atom is 0.408 e. The summed E-state index contributed by atoms with van der Waals surface area (Å²) in [6.45, 7) is 13.2. The van der Waals surface area contributed by atoms with Crippen LogP contribution in [0.5, 0.6) is 5.75 Å². The van der Waals surface area contributed by atoms with Gasteiger partial charge in [0.2, 0.25) is 0 Å². The van der Waals surface area contributed by atoms with Crippen LogP contribution in [0.3, 0.4) is 0 Å². The highest BCUT2D eigenvalue weighted by Crippen LogP contribution is 2.45. The number of hydrogen-bond acceptors (Lipinski definition) is 3. The number of nitrogens with one attached hydrogen (secondary N) is 1. The molecule has 1 aliphatic heterocycles. The van der Waals surface area contributed by atoms with E-state index in [1.54, 1.807) is 12.1 Å². The first kappa shape index (κ1) is 27.3. The molecule has 0 aliphatic carbocycles. The number of piperazine rings is 1. The van der Waals surface area contributed by atoms with Crippen LogP contribution in [-0.2, 0) is 10.8 Å². The Morgan fingerprint density at radius 2 is 1.29 bits per heavy atom. The summed E-state index contributed by atoms with van der Waals surface area (Å²) in [6, 6.07) is 1.43. The van der Waals surface area contributed by atoms with Crippen molar-refractivity contribution < 1.29 is 18.3 Å². The third-order valence-electron chi connectivity index (χ3n) is 4.89. The highest BCUT2D eigenvalue weighted by molar-refractivity contribution is 5.85. The molecule has 28 heavy (non-hydrogen) atoms. The standard InChI is InChI=1S/C20H31F3N2O.2ClH/c1-18(2,3)14-11-13(12-15(16(14)26)19(4,5)6)17(20(21,22)23)25-9-7-24-8-10-25;;/h11-12,17,24,26H,7-10H2,1-6H3;2*1H/t17-;;/m1../s1. The molecule has 1 fully saturated rings. The van der Waals surface area contributed by atoms with Gasteiger partial charge >= 0.3 is 6.18 Å². The topological polar surface area (TPSA) is 35.5 Å². The second-order valence-corrected chi connectivity index (χ2v) is 9.19. The Balaban J connectivity index is 0.00000364. The molecule has 3 nitrogen and oxygen atoms in total. The molecule has 1 aliphatic rings. The van der Waals surface area contributed by atoms with E-state index < -0.39 is 23.0 Å². The number of alkyl halides is 3. The van der Waals surface area contributed by atoms with Crippen molar-refractivity contribution in [3.8, 4) is 5.75 Å². The number of phenolic OH excluding ortho intramolecular Hbond substituents is 1. The van der Waals surface area contributed by atoms with E-state index >= 15 is 0 Å². The zero-order valence-corrected chi connectivity index (χ0v) is 19.0. The van der Waals surface area contributed by atoms with E-state index in [2.05, 4.69) is 5.32 Å². The third kappa shape index (κ3) is 6.15. The Kier molecular flexibility index (Phi) is 9.18. The Labute approximate surface area is 178 Å². The molecule has 0 radical (unpaired) electrons. The van der Waals surface area contributed by atoms with Crippen LogP contribution >= 0.6 is 24.8 Å². The van der Waals surface area contributed by atoms with Crippen molar-refractivity contribution in [2.45, 2.75) is 64.6 Å². The van der Waals surface area contributed by atoms with Gasteiger partial charge in [0, 0.05) is 26.2 Å². The average Bonchev–Trinajstić information content (AvgIpc) is 2.46. The molecular formula is C20H33Cl2F3N2O. The third-order valence-corrected chi connectivity index (χ3v) is 4.89. The summed E-state index contributed by atoms with van der Waals surface area (Å²) in [4.78, 5) is 1.49. The zero-order chi connectivity index (χ0) is 19.9. The van der Waals surface area contributed by atoms with Gasteiger partial charge in [-0.2, -0.15) is 13.2 Å². The summed E-state index contributed by atoms with van der Waals surface area (Å²) in [5, 5.41) is 13.9. The zero-order valence-electron chi connectivity index (χ0n) is 17.4. The van der Waals surface area contributed by atoms with Gasteiger partial charge in [-0.3, -0.25) is 4.90 Å². The Hall–Kier alpha value is -0.690. The first-order valence-corrected chi connectivity index (χ1v) is 9.12. The summed E-state index contributed by atoms with van der Waals surface area (Å²) in [5.41, 5.74) is 0.417. The molecule has 1 aromatic rings. The molecule has 2 N–H and O–H groups in total. The highest BCUT2D eigenvalue weighted by atomic mass is 35.5. The summed E-state index contributed by atoms with van der Waals surface area (Å²) >= 11 is 0. The lowest BCUT2D eigenvalue weighted by Crippen LogP contribution is -2.49. The lowest BCUT2D eigenvalue weighted by molar-refractivity contribution is -0.187. The van der Waals surface area contributed by atoms with Gasteiger partial charge in [-0.15, -0.1) is 24.8 Å². The largest absolute Gasteiger partial charge is 0.507 e. The van der Waals surface area contributed by atoms with Crippen molar-refractivity contribution in [3.05, 3.63) is 28.8 Å². The van der Waals surface area contributed by atoms with Crippen molar-refractivity contribution in [1.82, 2.24) is 10.2 Å². The fraction of sp³-hybridized carbons (Fsp3) is 0.700. The summed E-state index contributed by atoms with van der Waals surface area (Å²) in [6.07, 6.45) is -4.38. The quantitative estimate of drug-likeness (QED) is 0.645. The summed E-state index contributed by atoms with van der Waals surface area (Å²) < 4.78 is 42.1. The van der Waals surface area contributed by atoms with Crippen molar-refractivity contribution in [1.29, 1.82) is 0 Å². The molecule has 0 saturated carbocycles. The predicted molar refractivity (Wildman–Crippen MR) is 113 cm³/mol. The van der Waals surface area contributed by atoms with Crippen LogP contribution in [0.4, 0.5) is 13.2 Å². The number of nitrogens with zero attached hydrogens (tertiary/aromatic N) is 1. The van der Waals surface area contributed by atoms with E-state index in [-0.39, 0.29) is 36.1 Å². The van der Waals surface area contributed by atoms with Gasteiger partial charge in [-0.1, -0.05) is 41.5 Å². The Morgan fingerprint density at radius 1 is 0.893 bits per heavy atom. The number of aromatic hydroxyl groups is 1. The monoisotopic (exact) mass is 444 g/mol. The predicted octanol–water partition coefficient (Wildman–Crippen LogP) is 5.34. The first-order chi connectivity index (χ1) is 11.7. The lowest BCUT2D eigenvalue weighted by atomic mass is 9.77. The molecule has 0 bridgehead atoms. The van der Waals surface area contributed by atoms with Crippen molar-refractivity contribution in [2.24, 2.45) is 0 Å². The molecule has 0 unspecified atom stereocenters. The Morgan fingerprint density at radius 3 is 1.61 bits per heavy atom. The fourth-order valence-electron chi connectivity index (χ4n) is 3.51. The minimum Gasteiger partial charge on any atom is -0.507 e. The SMILES string of the molecule is CC(C)(C)c1cc([C@@H](N2CCNCC2)C(F)(F)F)cc(C(C)(C)C)c1O.Cl.Cl. The molecule has 0 amide bonds. The average molecular weight is 445 g/mol. The van der Waals surface area contributed by atoms with E-state index in [1.807, 2.05) is 41.5 Å². The van der Waals surface area contributed by atoms with Crippen molar-refractivity contribution in [3.63, 3.8) is 0 Å². The van der Waals surface area contributed by atoms with E-state index in [1.165, 1.54) is 4.90 Å². The molecule has 0 spiro atoms. The van der Waals surface area contributed by atoms with Gasteiger partial charge in [0.15, 0.2) is 0 Å². The number of halogens is 5. The molecular weight excluding hydrogens is 412 g/mol. The van der Waals surface area contributed by atoms with E-state index in [0.29, 0.717) is 37.3 Å². The fourth-order valence-corrected chi connectivity index (χ4v) is 3.51. The van der Waals surface area contributed by atoms with Crippen LogP contribution < -0.4 is 5.32 Å². The second-order valence-electron chi connectivity index (χ2n) is 9.19. The molecule has 1 saturated heterocycles. The molecule has 1 aromatic carbocycles. The van der Waals surface area contributed by atoms with Crippen LogP contribution in [-0.4, -0.2) is 42.4 Å². The number of hydrogen-bond donors (Lipinski definition) is 2. The smallest absolute Gasteiger partial charge is 0.408 e. The van der Waals surface area contributed by atoms with Crippen molar-refractivity contribution >= 4 is 24.8 Å². The van der Waals surface area contributed by atoms with Gasteiger partial charge in [0.1, 0.15) is 11.8 Å². The van der Waals surface area contributed by atoms with Crippen LogP contribution in [0.2, 0.25) is 0 Å². The van der Waals surface area contributed by atoms with Gasteiger partial charge in [0.05, 0.1) is 0 Å². The number of benzene rings is 1. The van der Waals surface area contributed by atoms with E-state index in [9.17, 15) is 18.3 Å². The highest BCUT2D eigenvalue weighted by Gasteiger charge is 2.46. The maximum absolute atomic E-state index is 14.0. The van der Waals surface area contributed by atoms with Crippen LogP contribution in [0.15, 0.2) is 12.1 Å². The van der Waals surface area contributed by atoms with Crippen molar-refractivity contribution in [2.75, 3.05) is 26.2 Å². The first-order valence-electron chi connectivity index (χ1n) is 9.12. The maximum atomic E-state index is 14.0. The van der Waals surface area contributed by atoms with Crippen LogP contribution in [0.25, 0.3) is 0 Å². The van der Waals surface area contributed by atoms with Crippen LogP contribution in [0, 0.1) is 0 Å². The van der Waals surface area contributed by atoms with Gasteiger partial charge in [0.25, 0.3) is 0 Å². The van der Waals surface area contributed by atoms with Gasteiger partial charge < -0.3 is 10.4 Å². The summed E-state index contributed by atoms with van der Waals surface area (Å²) in [5.74, 6) is 0.106. The summed E-state index contributed by atoms with van der Waals surface area (Å²) in [7, 11) is 0. The normalized spacial score (nSPS) is 17.5. The van der Waals surface area contributed by atoms with Gasteiger partial charge in [-0.05, 0) is 39.7 Å².